The number of hydrogen-bond donors (Lipinski definition) is 0. The van der Waals surface area contributed by atoms with Crippen molar-refractivity contribution in [2.24, 2.45) is 0 Å². The summed E-state index contributed by atoms with van der Waals surface area (Å²) in [7, 11) is 0. The van der Waals surface area contributed by atoms with E-state index < -0.39 is 0 Å². The van der Waals surface area contributed by atoms with Gasteiger partial charge in [0.1, 0.15) is 17.5 Å². The first-order chi connectivity index (χ1) is 14.9. The van der Waals surface area contributed by atoms with Crippen molar-refractivity contribution >= 4 is 5.91 Å². The molecule has 6 nitrogen and oxygen atoms in total. The molecule has 3 aromatic rings. The highest BCUT2D eigenvalue weighted by atomic mass is 19.1. The number of aryl methyl sites for hydroxylation is 4. The van der Waals surface area contributed by atoms with Crippen molar-refractivity contribution in [2.75, 3.05) is 6.54 Å². The number of rotatable bonds is 5. The molecule has 4 rings (SSSR count). The number of aromatic nitrogens is 4. The van der Waals surface area contributed by atoms with Crippen molar-refractivity contribution in [1.29, 1.82) is 0 Å². The van der Waals surface area contributed by atoms with Crippen LogP contribution >= 0.6 is 0 Å². The van der Waals surface area contributed by atoms with E-state index in [1.54, 1.807) is 16.8 Å². The fraction of sp³-hybridized carbons (Fsp3) is 0.417. The van der Waals surface area contributed by atoms with Gasteiger partial charge in [-0.15, -0.1) is 0 Å². The van der Waals surface area contributed by atoms with Crippen LogP contribution in [0.4, 0.5) is 4.39 Å². The van der Waals surface area contributed by atoms with Gasteiger partial charge in [0.15, 0.2) is 0 Å². The molecule has 0 N–H and O–H groups in total. The summed E-state index contributed by atoms with van der Waals surface area (Å²) in [5.74, 6) is 1.41. The number of hydrogen-bond acceptors (Lipinski definition) is 4. The number of carbonyl (C=O) groups is 1. The monoisotopic (exact) mass is 421 g/mol. The minimum Gasteiger partial charge on any atom is -0.334 e. The third kappa shape index (κ3) is 4.81. The number of benzene rings is 1. The summed E-state index contributed by atoms with van der Waals surface area (Å²) < 4.78 is 15.1. The Kier molecular flexibility index (Phi) is 6.11. The molecule has 7 heteroatoms. The normalized spacial score (nSPS) is 16.5. The smallest absolute Gasteiger partial charge is 0.225 e. The van der Waals surface area contributed by atoms with Crippen LogP contribution in [0.25, 0.3) is 11.1 Å². The van der Waals surface area contributed by atoms with Gasteiger partial charge in [0, 0.05) is 18.7 Å². The van der Waals surface area contributed by atoms with Gasteiger partial charge >= 0.3 is 0 Å². The Balaban J connectivity index is 1.56. The maximum absolute atomic E-state index is 13.3. The molecule has 2 aromatic heterocycles. The molecule has 0 saturated carbocycles. The van der Waals surface area contributed by atoms with Crippen molar-refractivity contribution in [2.45, 2.75) is 59.0 Å². The van der Waals surface area contributed by atoms with Crippen molar-refractivity contribution < 1.29 is 9.18 Å². The van der Waals surface area contributed by atoms with Gasteiger partial charge in [0.05, 0.1) is 18.3 Å². The van der Waals surface area contributed by atoms with E-state index in [2.05, 4.69) is 10.1 Å². The maximum atomic E-state index is 13.3. The zero-order valence-corrected chi connectivity index (χ0v) is 18.3. The lowest BCUT2D eigenvalue weighted by Gasteiger charge is -2.36. The van der Waals surface area contributed by atoms with E-state index in [1.165, 1.54) is 12.1 Å². The molecule has 1 saturated heterocycles. The van der Waals surface area contributed by atoms with Crippen LogP contribution in [0.5, 0.6) is 0 Å². The second-order valence-corrected chi connectivity index (χ2v) is 8.21. The van der Waals surface area contributed by atoms with Crippen LogP contribution in [0.3, 0.4) is 0 Å². The number of halogens is 1. The predicted molar refractivity (Wildman–Crippen MR) is 117 cm³/mol. The van der Waals surface area contributed by atoms with E-state index in [-0.39, 0.29) is 17.8 Å². The van der Waals surface area contributed by atoms with Crippen LogP contribution in [0.1, 0.15) is 54.8 Å². The topological polar surface area (TPSA) is 63.9 Å². The Morgan fingerprint density at radius 3 is 2.55 bits per heavy atom. The Hall–Kier alpha value is -3.09. The Morgan fingerprint density at radius 2 is 1.84 bits per heavy atom. The third-order valence-electron chi connectivity index (χ3n) is 5.82. The van der Waals surface area contributed by atoms with Gasteiger partial charge < -0.3 is 4.90 Å². The summed E-state index contributed by atoms with van der Waals surface area (Å²) >= 11 is 0. The van der Waals surface area contributed by atoms with Crippen LogP contribution in [0.15, 0.2) is 36.4 Å². The average molecular weight is 422 g/mol. The summed E-state index contributed by atoms with van der Waals surface area (Å²) in [5, 5.41) is 4.36. The summed E-state index contributed by atoms with van der Waals surface area (Å²) in [4.78, 5) is 24.2. The molecular weight excluding hydrogens is 393 g/mol. The number of piperidine rings is 1. The standard InChI is InChI=1S/C24H28FN5O/c1-16-14-20(19-7-9-21(25)10-8-19)15-22(26-16)23-6-4-5-12-29(23)24(31)11-13-30-18(3)27-17(2)28-30/h7-10,14-15,23H,4-6,11-13H2,1-3H3/t23-/m1/s1. The highest BCUT2D eigenvalue weighted by molar-refractivity contribution is 5.77. The van der Waals surface area contributed by atoms with E-state index in [0.29, 0.717) is 13.0 Å². The van der Waals surface area contributed by atoms with E-state index in [9.17, 15) is 9.18 Å². The molecule has 0 aliphatic carbocycles. The minimum atomic E-state index is -0.253. The minimum absolute atomic E-state index is 0.0427. The van der Waals surface area contributed by atoms with Gasteiger partial charge in [-0.3, -0.25) is 9.78 Å². The number of pyridine rings is 1. The van der Waals surface area contributed by atoms with E-state index >= 15 is 0 Å². The molecule has 0 bridgehead atoms. The van der Waals surface area contributed by atoms with Crippen molar-refractivity contribution in [3.63, 3.8) is 0 Å². The molecule has 1 amide bonds. The fourth-order valence-corrected chi connectivity index (χ4v) is 4.33. The summed E-state index contributed by atoms with van der Waals surface area (Å²) in [6.07, 6.45) is 3.35. The van der Waals surface area contributed by atoms with Gasteiger partial charge in [-0.2, -0.15) is 5.10 Å². The molecule has 162 valence electrons. The van der Waals surface area contributed by atoms with Crippen LogP contribution < -0.4 is 0 Å². The van der Waals surface area contributed by atoms with Gasteiger partial charge in [-0.25, -0.2) is 14.1 Å². The Morgan fingerprint density at radius 1 is 1.06 bits per heavy atom. The second-order valence-electron chi connectivity index (χ2n) is 8.21. The lowest BCUT2D eigenvalue weighted by atomic mass is 9.95. The van der Waals surface area contributed by atoms with E-state index in [0.717, 1.165) is 60.0 Å². The quantitative estimate of drug-likeness (QED) is 0.606. The summed E-state index contributed by atoms with van der Waals surface area (Å²) in [6, 6.07) is 10.5. The summed E-state index contributed by atoms with van der Waals surface area (Å²) in [6.45, 7) is 6.98. The van der Waals surface area contributed by atoms with Crippen LogP contribution in [-0.4, -0.2) is 37.1 Å². The van der Waals surface area contributed by atoms with Gasteiger partial charge in [-0.05, 0) is 75.4 Å². The van der Waals surface area contributed by atoms with Gasteiger partial charge in [-0.1, -0.05) is 12.1 Å². The largest absolute Gasteiger partial charge is 0.334 e. The van der Waals surface area contributed by atoms with Crippen molar-refractivity contribution in [3.05, 3.63) is 65.3 Å². The molecular formula is C24H28FN5O. The Labute approximate surface area is 182 Å². The highest BCUT2D eigenvalue weighted by Gasteiger charge is 2.29. The molecule has 31 heavy (non-hydrogen) atoms. The molecule has 1 atom stereocenters. The van der Waals surface area contributed by atoms with E-state index in [1.807, 2.05) is 37.8 Å². The number of nitrogens with zero attached hydrogens (tertiary/aromatic N) is 5. The number of carbonyl (C=O) groups excluding carboxylic acids is 1. The van der Waals surface area contributed by atoms with Crippen molar-refractivity contribution in [3.8, 4) is 11.1 Å². The van der Waals surface area contributed by atoms with Crippen LogP contribution in [0.2, 0.25) is 0 Å². The molecule has 1 aliphatic rings. The lowest BCUT2D eigenvalue weighted by molar-refractivity contribution is -0.135. The number of amides is 1. The van der Waals surface area contributed by atoms with Crippen molar-refractivity contribution in [1.82, 2.24) is 24.6 Å². The Bertz CT molecular complexity index is 1080. The first kappa shape index (κ1) is 21.2. The molecule has 1 aromatic carbocycles. The first-order valence-corrected chi connectivity index (χ1v) is 10.8. The fourth-order valence-electron chi connectivity index (χ4n) is 4.33. The van der Waals surface area contributed by atoms with Crippen LogP contribution in [-0.2, 0) is 11.3 Å². The lowest BCUT2D eigenvalue weighted by Crippen LogP contribution is -2.39. The second kappa shape index (κ2) is 8.96. The zero-order chi connectivity index (χ0) is 22.0. The highest BCUT2D eigenvalue weighted by Crippen LogP contribution is 2.33. The first-order valence-electron chi connectivity index (χ1n) is 10.8. The van der Waals surface area contributed by atoms with E-state index in [4.69, 9.17) is 4.98 Å². The predicted octanol–water partition coefficient (Wildman–Crippen LogP) is 4.55. The third-order valence-corrected chi connectivity index (χ3v) is 5.82. The summed E-state index contributed by atoms with van der Waals surface area (Å²) in [5.41, 5.74) is 3.73. The van der Waals surface area contributed by atoms with Crippen LogP contribution in [0, 0.1) is 26.6 Å². The average Bonchev–Trinajstić information content (AvgIpc) is 3.09. The SMILES string of the molecule is Cc1cc(-c2ccc(F)cc2)cc([C@H]2CCCCN2C(=O)CCn2nc(C)nc2C)n1. The van der Waals surface area contributed by atoms with Gasteiger partial charge in [0.25, 0.3) is 0 Å². The molecule has 0 unspecified atom stereocenters. The molecule has 0 radical (unpaired) electrons. The molecule has 3 heterocycles. The maximum Gasteiger partial charge on any atom is 0.225 e. The molecule has 1 aliphatic heterocycles. The number of likely N-dealkylation sites (tertiary alicyclic amines) is 1. The molecule has 1 fully saturated rings. The van der Waals surface area contributed by atoms with Gasteiger partial charge in [0.2, 0.25) is 5.91 Å². The molecule has 0 spiro atoms. The zero-order valence-electron chi connectivity index (χ0n) is 18.3.